The van der Waals surface area contributed by atoms with E-state index in [9.17, 15) is 9.90 Å². The van der Waals surface area contributed by atoms with Crippen LogP contribution in [0.25, 0.3) is 0 Å². The molecule has 1 aliphatic heterocycles. The predicted octanol–water partition coefficient (Wildman–Crippen LogP) is 0.752. The summed E-state index contributed by atoms with van der Waals surface area (Å²) in [5, 5.41) is 13.5. The van der Waals surface area contributed by atoms with Crippen molar-refractivity contribution in [3.63, 3.8) is 0 Å². The van der Waals surface area contributed by atoms with Gasteiger partial charge in [0.2, 0.25) is 5.89 Å². The Balaban J connectivity index is 1.49. The molecular formula is C15H24N4O3. The number of hydrogen-bond donors (Lipinski definition) is 1. The molecule has 1 saturated carbocycles. The van der Waals surface area contributed by atoms with Crippen molar-refractivity contribution in [3.8, 4) is 0 Å². The summed E-state index contributed by atoms with van der Waals surface area (Å²) in [5.74, 6) is 1.80. The van der Waals surface area contributed by atoms with Gasteiger partial charge in [-0.05, 0) is 19.8 Å². The third-order valence-corrected chi connectivity index (χ3v) is 4.60. The Kier molecular flexibility index (Phi) is 4.73. The quantitative estimate of drug-likeness (QED) is 0.884. The van der Waals surface area contributed by atoms with Crippen molar-refractivity contribution in [2.45, 2.75) is 51.2 Å². The number of nitrogens with zero attached hydrogens (tertiary/aromatic N) is 4. The van der Waals surface area contributed by atoms with E-state index in [4.69, 9.17) is 4.52 Å². The van der Waals surface area contributed by atoms with Crippen molar-refractivity contribution in [2.24, 2.45) is 0 Å². The summed E-state index contributed by atoms with van der Waals surface area (Å²) in [6.07, 6.45) is 3.93. The molecule has 0 bridgehead atoms. The van der Waals surface area contributed by atoms with Crippen molar-refractivity contribution in [1.82, 2.24) is 19.9 Å². The molecule has 2 fully saturated rings. The molecule has 0 aromatic carbocycles. The van der Waals surface area contributed by atoms with E-state index in [1.54, 1.807) is 4.90 Å². The first-order valence-corrected chi connectivity index (χ1v) is 8.15. The highest BCUT2D eigenvalue weighted by atomic mass is 16.5. The molecule has 1 aromatic rings. The summed E-state index contributed by atoms with van der Waals surface area (Å²) < 4.78 is 5.37. The van der Waals surface area contributed by atoms with Crippen molar-refractivity contribution >= 4 is 5.91 Å². The average Bonchev–Trinajstić information content (AvgIpc) is 3.18. The largest absolute Gasteiger partial charge is 0.384 e. The van der Waals surface area contributed by atoms with E-state index in [0.717, 1.165) is 18.9 Å². The van der Waals surface area contributed by atoms with Gasteiger partial charge in [0, 0.05) is 32.1 Å². The van der Waals surface area contributed by atoms with Crippen LogP contribution in [-0.2, 0) is 11.3 Å². The van der Waals surface area contributed by atoms with Crippen LogP contribution < -0.4 is 0 Å². The lowest BCUT2D eigenvalue weighted by atomic mass is 10.1. The van der Waals surface area contributed by atoms with Gasteiger partial charge in [0.05, 0.1) is 6.54 Å². The van der Waals surface area contributed by atoms with Crippen LogP contribution in [0, 0.1) is 0 Å². The summed E-state index contributed by atoms with van der Waals surface area (Å²) in [5.41, 5.74) is 0. The number of carbonyl (C=O) groups is 1. The van der Waals surface area contributed by atoms with Gasteiger partial charge in [-0.3, -0.25) is 9.69 Å². The molecule has 2 heterocycles. The van der Waals surface area contributed by atoms with E-state index in [-0.39, 0.29) is 5.91 Å². The predicted molar refractivity (Wildman–Crippen MR) is 79.0 cm³/mol. The van der Waals surface area contributed by atoms with Crippen LogP contribution in [0.2, 0.25) is 0 Å². The summed E-state index contributed by atoms with van der Waals surface area (Å²) in [6.45, 7) is 4.94. The Morgan fingerprint density at radius 2 is 2.00 bits per heavy atom. The number of aliphatic hydroxyl groups excluding tert-OH is 1. The van der Waals surface area contributed by atoms with Crippen LogP contribution in [0.4, 0.5) is 0 Å². The Morgan fingerprint density at radius 3 is 2.64 bits per heavy atom. The highest BCUT2D eigenvalue weighted by molar-refractivity contribution is 5.80. The maximum atomic E-state index is 11.7. The minimum atomic E-state index is -0.920. The number of aliphatic hydroxyl groups is 1. The summed E-state index contributed by atoms with van der Waals surface area (Å²) >= 11 is 0. The first-order valence-electron chi connectivity index (χ1n) is 8.15. The Hall–Kier alpha value is -1.47. The first kappa shape index (κ1) is 15.4. The molecule has 1 atom stereocenters. The minimum absolute atomic E-state index is 0.194. The van der Waals surface area contributed by atoms with Crippen LogP contribution in [0.1, 0.15) is 50.2 Å². The van der Waals surface area contributed by atoms with E-state index < -0.39 is 6.10 Å². The molecule has 122 valence electrons. The molecule has 0 spiro atoms. The fourth-order valence-electron chi connectivity index (χ4n) is 3.26. The maximum Gasteiger partial charge on any atom is 0.251 e. The van der Waals surface area contributed by atoms with Crippen molar-refractivity contribution < 1.29 is 14.4 Å². The van der Waals surface area contributed by atoms with Gasteiger partial charge in [0.25, 0.3) is 5.91 Å². The van der Waals surface area contributed by atoms with Crippen LogP contribution in [0.5, 0.6) is 0 Å². The number of hydrogen-bond acceptors (Lipinski definition) is 6. The summed E-state index contributed by atoms with van der Waals surface area (Å²) in [4.78, 5) is 20.2. The Bertz CT molecular complexity index is 503. The van der Waals surface area contributed by atoms with Crippen molar-refractivity contribution in [3.05, 3.63) is 11.7 Å². The van der Waals surface area contributed by atoms with Gasteiger partial charge in [-0.1, -0.05) is 18.0 Å². The van der Waals surface area contributed by atoms with Gasteiger partial charge in [0.15, 0.2) is 5.82 Å². The number of amides is 1. The lowest BCUT2D eigenvalue weighted by molar-refractivity contribution is -0.141. The zero-order valence-electron chi connectivity index (χ0n) is 13.1. The zero-order valence-corrected chi connectivity index (χ0v) is 13.1. The van der Waals surface area contributed by atoms with E-state index >= 15 is 0 Å². The van der Waals surface area contributed by atoms with E-state index in [0.29, 0.717) is 31.4 Å². The molecule has 1 unspecified atom stereocenters. The van der Waals surface area contributed by atoms with Crippen LogP contribution in [0.3, 0.4) is 0 Å². The maximum absolute atomic E-state index is 11.7. The third-order valence-electron chi connectivity index (χ3n) is 4.60. The standard InChI is InChI=1S/C15H24N4O3/c1-11(20)15(21)19-8-6-18(7-9-19)10-13-16-14(17-22-13)12-4-2-3-5-12/h11-12,20H,2-10H2,1H3. The van der Waals surface area contributed by atoms with Gasteiger partial charge in [-0.15, -0.1) is 0 Å². The molecule has 3 rings (SSSR count). The summed E-state index contributed by atoms with van der Waals surface area (Å²) in [7, 11) is 0. The second-order valence-electron chi connectivity index (χ2n) is 6.31. The van der Waals surface area contributed by atoms with E-state index in [2.05, 4.69) is 15.0 Å². The summed E-state index contributed by atoms with van der Waals surface area (Å²) in [6, 6.07) is 0. The van der Waals surface area contributed by atoms with Crippen LogP contribution in [-0.4, -0.2) is 63.2 Å². The number of carbonyl (C=O) groups excluding carboxylic acids is 1. The minimum Gasteiger partial charge on any atom is -0.384 e. The molecule has 2 aliphatic rings. The lowest BCUT2D eigenvalue weighted by Gasteiger charge is -2.34. The van der Waals surface area contributed by atoms with E-state index in [1.807, 2.05) is 0 Å². The lowest BCUT2D eigenvalue weighted by Crippen LogP contribution is -2.50. The highest BCUT2D eigenvalue weighted by Gasteiger charge is 2.26. The van der Waals surface area contributed by atoms with Gasteiger partial charge < -0.3 is 14.5 Å². The second-order valence-corrected chi connectivity index (χ2v) is 6.31. The first-order chi connectivity index (χ1) is 10.6. The SMILES string of the molecule is CC(O)C(=O)N1CCN(Cc2nc(C3CCCC3)no2)CC1. The smallest absolute Gasteiger partial charge is 0.251 e. The molecule has 0 radical (unpaired) electrons. The fourth-order valence-corrected chi connectivity index (χ4v) is 3.26. The van der Waals surface area contributed by atoms with Crippen LogP contribution >= 0.6 is 0 Å². The average molecular weight is 308 g/mol. The molecule has 1 amide bonds. The van der Waals surface area contributed by atoms with Gasteiger partial charge in [-0.2, -0.15) is 4.98 Å². The monoisotopic (exact) mass is 308 g/mol. The number of piperazine rings is 1. The molecular weight excluding hydrogens is 284 g/mol. The van der Waals surface area contributed by atoms with Crippen molar-refractivity contribution in [1.29, 1.82) is 0 Å². The van der Waals surface area contributed by atoms with Gasteiger partial charge in [-0.25, -0.2) is 0 Å². The normalized spacial score (nSPS) is 22.2. The Labute approximate surface area is 130 Å². The van der Waals surface area contributed by atoms with Crippen LogP contribution in [0.15, 0.2) is 4.52 Å². The molecule has 22 heavy (non-hydrogen) atoms. The highest BCUT2D eigenvalue weighted by Crippen LogP contribution is 2.32. The molecule has 7 heteroatoms. The van der Waals surface area contributed by atoms with Gasteiger partial charge >= 0.3 is 0 Å². The molecule has 1 N–H and O–H groups in total. The van der Waals surface area contributed by atoms with Gasteiger partial charge in [0.1, 0.15) is 6.10 Å². The Morgan fingerprint density at radius 1 is 1.32 bits per heavy atom. The number of aromatic nitrogens is 2. The third kappa shape index (κ3) is 3.47. The van der Waals surface area contributed by atoms with Crippen molar-refractivity contribution in [2.75, 3.05) is 26.2 Å². The number of rotatable bonds is 4. The zero-order chi connectivity index (χ0) is 15.5. The second kappa shape index (κ2) is 6.75. The molecule has 1 aliphatic carbocycles. The molecule has 7 nitrogen and oxygen atoms in total. The van der Waals surface area contributed by atoms with E-state index in [1.165, 1.54) is 32.6 Å². The fraction of sp³-hybridized carbons (Fsp3) is 0.800. The molecule has 1 saturated heterocycles. The topological polar surface area (TPSA) is 82.7 Å². The molecule has 1 aromatic heterocycles.